The van der Waals surface area contributed by atoms with E-state index in [0.717, 1.165) is 64.2 Å². The Morgan fingerprint density at radius 1 is 1.25 bits per heavy atom. The zero-order chi connectivity index (χ0) is 20.6. The van der Waals surface area contributed by atoms with E-state index in [4.69, 9.17) is 5.11 Å². The molecule has 2 aliphatic carbocycles. The molecule has 0 aromatic heterocycles. The lowest BCUT2D eigenvalue weighted by molar-refractivity contribution is -0.141. The molecule has 158 valence electrons. The SMILES string of the molecule is CC#CCC1(C(O)C=C[C@H]2CC[C@H](O)[C@@H]2CCCCCC(C)C(=O)O)CCC1. The maximum Gasteiger partial charge on any atom is 0.306 e. The lowest BCUT2D eigenvalue weighted by Gasteiger charge is -2.43. The molecule has 2 unspecified atom stereocenters. The van der Waals surface area contributed by atoms with E-state index < -0.39 is 12.1 Å². The molecular formula is C24H38O4. The Hall–Kier alpha value is -1.31. The normalized spacial score (nSPS) is 28.4. The van der Waals surface area contributed by atoms with Crippen LogP contribution >= 0.6 is 0 Å². The average Bonchev–Trinajstić information content (AvgIpc) is 2.98. The van der Waals surface area contributed by atoms with Gasteiger partial charge in [-0.2, -0.15) is 0 Å². The van der Waals surface area contributed by atoms with Crippen molar-refractivity contribution < 1.29 is 20.1 Å². The molecule has 0 radical (unpaired) electrons. The van der Waals surface area contributed by atoms with Crippen molar-refractivity contribution in [3.05, 3.63) is 12.2 Å². The monoisotopic (exact) mass is 390 g/mol. The quantitative estimate of drug-likeness (QED) is 0.275. The number of unbranched alkanes of at least 4 members (excludes halogenated alkanes) is 2. The topological polar surface area (TPSA) is 77.8 Å². The van der Waals surface area contributed by atoms with Crippen molar-refractivity contribution in [3.63, 3.8) is 0 Å². The van der Waals surface area contributed by atoms with E-state index in [1.54, 1.807) is 6.92 Å². The van der Waals surface area contributed by atoms with Crippen LogP contribution in [0.25, 0.3) is 0 Å². The molecule has 0 saturated heterocycles. The van der Waals surface area contributed by atoms with E-state index in [1.807, 2.05) is 13.0 Å². The van der Waals surface area contributed by atoms with Crippen molar-refractivity contribution >= 4 is 5.97 Å². The van der Waals surface area contributed by atoms with Gasteiger partial charge in [0.2, 0.25) is 0 Å². The first-order valence-electron chi connectivity index (χ1n) is 11.1. The van der Waals surface area contributed by atoms with E-state index in [0.29, 0.717) is 5.92 Å². The van der Waals surface area contributed by atoms with Crippen molar-refractivity contribution in [2.75, 3.05) is 0 Å². The summed E-state index contributed by atoms with van der Waals surface area (Å²) in [5.74, 6) is 5.70. The number of carbonyl (C=O) groups is 1. The van der Waals surface area contributed by atoms with Crippen molar-refractivity contribution in [1.29, 1.82) is 0 Å². The molecule has 0 heterocycles. The molecule has 2 aliphatic rings. The van der Waals surface area contributed by atoms with Crippen LogP contribution in [0, 0.1) is 35.0 Å². The molecule has 0 spiro atoms. The van der Waals surface area contributed by atoms with Gasteiger partial charge in [0.15, 0.2) is 0 Å². The number of allylic oxidation sites excluding steroid dienone is 1. The summed E-state index contributed by atoms with van der Waals surface area (Å²) in [6.45, 7) is 3.61. The van der Waals surface area contributed by atoms with Gasteiger partial charge in [-0.1, -0.05) is 44.8 Å². The fourth-order valence-electron chi connectivity index (χ4n) is 4.78. The summed E-state index contributed by atoms with van der Waals surface area (Å²) in [6, 6.07) is 0. The highest BCUT2D eigenvalue weighted by molar-refractivity contribution is 5.69. The van der Waals surface area contributed by atoms with Gasteiger partial charge in [-0.05, 0) is 57.3 Å². The number of aliphatic hydroxyl groups excluding tert-OH is 2. The number of aliphatic hydroxyl groups is 2. The number of hydrogen-bond acceptors (Lipinski definition) is 3. The van der Waals surface area contributed by atoms with Crippen molar-refractivity contribution in [1.82, 2.24) is 0 Å². The Labute approximate surface area is 170 Å². The number of carboxylic acid groups (broad SMARTS) is 1. The second-order valence-corrected chi connectivity index (χ2v) is 9.00. The Balaban J connectivity index is 1.80. The van der Waals surface area contributed by atoms with Gasteiger partial charge in [-0.3, -0.25) is 4.79 Å². The van der Waals surface area contributed by atoms with Crippen LogP contribution < -0.4 is 0 Å². The summed E-state index contributed by atoms with van der Waals surface area (Å²) < 4.78 is 0. The van der Waals surface area contributed by atoms with Crippen LogP contribution in [0.15, 0.2) is 12.2 Å². The lowest BCUT2D eigenvalue weighted by atomic mass is 9.63. The van der Waals surface area contributed by atoms with E-state index in [2.05, 4.69) is 17.9 Å². The maximum atomic E-state index is 10.9. The third-order valence-corrected chi connectivity index (χ3v) is 7.07. The predicted molar refractivity (Wildman–Crippen MR) is 112 cm³/mol. The second-order valence-electron chi connectivity index (χ2n) is 9.00. The largest absolute Gasteiger partial charge is 0.481 e. The molecular weight excluding hydrogens is 352 g/mol. The summed E-state index contributed by atoms with van der Waals surface area (Å²) in [5.41, 5.74) is -0.0624. The molecule has 0 aromatic rings. The van der Waals surface area contributed by atoms with Crippen LogP contribution in [-0.2, 0) is 4.79 Å². The van der Waals surface area contributed by atoms with Crippen molar-refractivity contribution in [2.45, 2.75) is 96.7 Å². The van der Waals surface area contributed by atoms with Gasteiger partial charge in [0.05, 0.1) is 18.1 Å². The third kappa shape index (κ3) is 6.09. The van der Waals surface area contributed by atoms with Crippen LogP contribution in [-0.4, -0.2) is 33.5 Å². The predicted octanol–water partition coefficient (Wildman–Crippen LogP) is 4.55. The van der Waals surface area contributed by atoms with Gasteiger partial charge < -0.3 is 15.3 Å². The molecule has 28 heavy (non-hydrogen) atoms. The molecule has 3 N–H and O–H groups in total. The van der Waals surface area contributed by atoms with E-state index in [-0.39, 0.29) is 23.4 Å². The lowest BCUT2D eigenvalue weighted by Crippen LogP contribution is -2.40. The Bertz CT molecular complexity index is 581. The van der Waals surface area contributed by atoms with E-state index >= 15 is 0 Å². The van der Waals surface area contributed by atoms with E-state index in [1.165, 1.54) is 6.42 Å². The Morgan fingerprint density at radius 2 is 2.00 bits per heavy atom. The number of carboxylic acids is 1. The number of aliphatic carboxylic acids is 1. The van der Waals surface area contributed by atoms with Gasteiger partial charge >= 0.3 is 5.97 Å². The van der Waals surface area contributed by atoms with Crippen LogP contribution in [0.1, 0.15) is 84.5 Å². The summed E-state index contributed by atoms with van der Waals surface area (Å²) >= 11 is 0. The minimum atomic E-state index is -0.718. The first-order valence-corrected chi connectivity index (χ1v) is 11.1. The van der Waals surface area contributed by atoms with Crippen LogP contribution in [0.2, 0.25) is 0 Å². The fraction of sp³-hybridized carbons (Fsp3) is 0.792. The first kappa shape index (κ1) is 23.0. The van der Waals surface area contributed by atoms with Crippen molar-refractivity contribution in [2.24, 2.45) is 23.2 Å². The molecule has 4 nitrogen and oxygen atoms in total. The molecule has 2 rings (SSSR count). The first-order chi connectivity index (χ1) is 13.4. The molecule has 0 aromatic carbocycles. The van der Waals surface area contributed by atoms with Crippen LogP contribution in [0.5, 0.6) is 0 Å². The molecule has 2 saturated carbocycles. The molecule has 2 fully saturated rings. The maximum absolute atomic E-state index is 10.9. The van der Waals surface area contributed by atoms with Gasteiger partial charge in [0.1, 0.15) is 0 Å². The van der Waals surface area contributed by atoms with Crippen molar-refractivity contribution in [3.8, 4) is 11.8 Å². The highest BCUT2D eigenvalue weighted by atomic mass is 16.4. The molecule has 0 amide bonds. The smallest absolute Gasteiger partial charge is 0.306 e. The minimum absolute atomic E-state index is 0.0624. The minimum Gasteiger partial charge on any atom is -0.481 e. The zero-order valence-corrected chi connectivity index (χ0v) is 17.6. The molecule has 5 atom stereocenters. The Morgan fingerprint density at radius 3 is 2.61 bits per heavy atom. The van der Waals surface area contributed by atoms with E-state index in [9.17, 15) is 15.0 Å². The third-order valence-electron chi connectivity index (χ3n) is 7.07. The highest BCUT2D eigenvalue weighted by Crippen LogP contribution is 2.47. The van der Waals surface area contributed by atoms with Gasteiger partial charge in [-0.25, -0.2) is 0 Å². The highest BCUT2D eigenvalue weighted by Gasteiger charge is 2.42. The summed E-state index contributed by atoms with van der Waals surface area (Å²) in [5, 5.41) is 30.1. The fourth-order valence-corrected chi connectivity index (χ4v) is 4.78. The van der Waals surface area contributed by atoms with Crippen LogP contribution in [0.4, 0.5) is 0 Å². The van der Waals surface area contributed by atoms with Crippen LogP contribution in [0.3, 0.4) is 0 Å². The standard InChI is InChI=1S/C24H38O4/c1-3-4-15-24(16-8-17-24)22(26)14-12-19-11-13-21(25)20(19)10-7-5-6-9-18(2)23(27)28/h12,14,18-22,25-26H,5-11,13,15-17H2,1-2H3,(H,27,28)/t18?,19-,20-,21+,22?/m1/s1. The number of hydrogen-bond donors (Lipinski definition) is 3. The summed E-state index contributed by atoms with van der Waals surface area (Å²) in [4.78, 5) is 10.9. The number of rotatable bonds is 11. The van der Waals surface area contributed by atoms with Gasteiger partial charge in [0.25, 0.3) is 0 Å². The Kier molecular flexibility index (Phi) is 9.05. The van der Waals surface area contributed by atoms with Gasteiger partial charge in [0, 0.05) is 11.8 Å². The summed E-state index contributed by atoms with van der Waals surface area (Å²) in [7, 11) is 0. The second kappa shape index (κ2) is 11.0. The zero-order valence-electron chi connectivity index (χ0n) is 17.6. The molecule has 0 bridgehead atoms. The average molecular weight is 391 g/mol. The molecule has 0 aliphatic heterocycles. The van der Waals surface area contributed by atoms with Gasteiger partial charge in [-0.15, -0.1) is 11.8 Å². The summed E-state index contributed by atoms with van der Waals surface area (Å²) in [6.07, 6.45) is 13.9. The molecule has 4 heteroatoms.